The summed E-state index contributed by atoms with van der Waals surface area (Å²) in [4.78, 5) is 26.6. The maximum atomic E-state index is 13.4. The zero-order valence-corrected chi connectivity index (χ0v) is 19.8. The summed E-state index contributed by atoms with van der Waals surface area (Å²) in [5, 5.41) is 12.6. The Hall–Kier alpha value is -4.14. The second-order valence-corrected chi connectivity index (χ2v) is 7.87. The summed E-state index contributed by atoms with van der Waals surface area (Å²) in [7, 11) is 3.07. The van der Waals surface area contributed by atoms with Crippen LogP contribution in [0.2, 0.25) is 0 Å². The van der Waals surface area contributed by atoms with Crippen LogP contribution in [0.25, 0.3) is 16.6 Å². The smallest absolute Gasteiger partial charge is 0.295 e. The molecular weight excluding hydrogens is 434 g/mol. The van der Waals surface area contributed by atoms with Crippen molar-refractivity contribution in [1.29, 1.82) is 0 Å². The topological polar surface area (TPSA) is 100 Å². The maximum absolute atomic E-state index is 13.4. The number of para-hydroxylation sites is 1. The minimum atomic E-state index is -0.814. The van der Waals surface area contributed by atoms with Gasteiger partial charge in [-0.2, -0.15) is 10.2 Å². The number of rotatable bonds is 7. The van der Waals surface area contributed by atoms with Crippen LogP contribution in [-0.4, -0.2) is 39.7 Å². The van der Waals surface area contributed by atoms with E-state index in [9.17, 15) is 9.59 Å². The Balaban J connectivity index is 1.74. The lowest BCUT2D eigenvalue weighted by molar-refractivity contribution is -0.119. The van der Waals surface area contributed by atoms with Gasteiger partial charge in [0.15, 0.2) is 17.0 Å². The molecule has 1 amide bonds. The van der Waals surface area contributed by atoms with E-state index in [0.717, 1.165) is 11.4 Å². The van der Waals surface area contributed by atoms with E-state index < -0.39 is 11.6 Å². The summed E-state index contributed by atoms with van der Waals surface area (Å²) in [6, 6.07) is 13.9. The molecule has 1 N–H and O–H groups in total. The van der Waals surface area contributed by atoms with Crippen molar-refractivity contribution in [2.45, 2.75) is 33.2 Å². The van der Waals surface area contributed by atoms with Crippen molar-refractivity contribution >= 4 is 22.5 Å². The van der Waals surface area contributed by atoms with E-state index in [1.54, 1.807) is 30.0 Å². The fourth-order valence-corrected chi connectivity index (χ4v) is 4.09. The number of benzene rings is 2. The normalized spacial score (nSPS) is 11.9. The zero-order chi connectivity index (χ0) is 24.4. The molecule has 4 aromatic rings. The Bertz CT molecular complexity index is 1410. The molecule has 0 saturated carbocycles. The quantitative estimate of drug-likeness (QED) is 0.449. The number of fused-ring (bicyclic) bond motifs is 1. The van der Waals surface area contributed by atoms with Crippen LogP contribution >= 0.6 is 0 Å². The number of nitrogens with zero attached hydrogens (tertiary/aromatic N) is 4. The number of ether oxygens (including phenoxy) is 2. The Kier molecular flexibility index (Phi) is 6.36. The summed E-state index contributed by atoms with van der Waals surface area (Å²) in [6.45, 7) is 5.56. The number of methoxy groups -OCH3 is 2. The SMILES string of the molecule is CCC(C(=O)Nc1ccc(OC)c(OC)c1)n1nc(C)c2c(C)n(-c3ccccc3)nc2c1=O. The van der Waals surface area contributed by atoms with Crippen molar-refractivity contribution < 1.29 is 14.3 Å². The average Bonchev–Trinajstić information content (AvgIpc) is 3.21. The Morgan fingerprint density at radius 1 is 1.03 bits per heavy atom. The van der Waals surface area contributed by atoms with Gasteiger partial charge in [0.2, 0.25) is 5.91 Å². The van der Waals surface area contributed by atoms with Crippen molar-refractivity contribution in [3.05, 3.63) is 70.3 Å². The molecule has 0 fully saturated rings. The number of anilines is 1. The van der Waals surface area contributed by atoms with Crippen LogP contribution < -0.4 is 20.3 Å². The molecule has 2 aromatic carbocycles. The van der Waals surface area contributed by atoms with Crippen molar-refractivity contribution in [1.82, 2.24) is 19.6 Å². The molecule has 176 valence electrons. The highest BCUT2D eigenvalue weighted by Crippen LogP contribution is 2.30. The van der Waals surface area contributed by atoms with Gasteiger partial charge in [0.25, 0.3) is 5.56 Å². The van der Waals surface area contributed by atoms with E-state index >= 15 is 0 Å². The molecule has 34 heavy (non-hydrogen) atoms. The van der Waals surface area contributed by atoms with Gasteiger partial charge in [-0.05, 0) is 44.5 Å². The number of aromatic nitrogens is 4. The van der Waals surface area contributed by atoms with Crippen molar-refractivity contribution in [2.75, 3.05) is 19.5 Å². The average molecular weight is 462 g/mol. The maximum Gasteiger partial charge on any atom is 0.295 e. The van der Waals surface area contributed by atoms with Crippen LogP contribution in [0.1, 0.15) is 30.8 Å². The number of amides is 1. The van der Waals surface area contributed by atoms with Gasteiger partial charge < -0.3 is 14.8 Å². The zero-order valence-electron chi connectivity index (χ0n) is 19.8. The molecule has 2 aromatic heterocycles. The Labute approximate surface area is 196 Å². The van der Waals surface area contributed by atoms with Gasteiger partial charge in [-0.25, -0.2) is 9.36 Å². The van der Waals surface area contributed by atoms with Gasteiger partial charge in [0, 0.05) is 11.8 Å². The molecule has 9 nitrogen and oxygen atoms in total. The van der Waals surface area contributed by atoms with Crippen LogP contribution in [0.3, 0.4) is 0 Å². The van der Waals surface area contributed by atoms with Crippen LogP contribution in [0, 0.1) is 13.8 Å². The third kappa shape index (κ3) is 4.00. The highest BCUT2D eigenvalue weighted by atomic mass is 16.5. The van der Waals surface area contributed by atoms with Gasteiger partial charge in [-0.3, -0.25) is 9.59 Å². The molecule has 0 spiro atoms. The van der Waals surface area contributed by atoms with Gasteiger partial charge in [-0.15, -0.1) is 0 Å². The first-order valence-corrected chi connectivity index (χ1v) is 11.0. The number of hydrogen-bond donors (Lipinski definition) is 1. The molecule has 0 aliphatic rings. The number of carbonyl (C=O) groups excluding carboxylic acids is 1. The molecule has 4 rings (SSSR count). The van der Waals surface area contributed by atoms with Gasteiger partial charge in [0.1, 0.15) is 6.04 Å². The monoisotopic (exact) mass is 461 g/mol. The predicted molar refractivity (Wildman–Crippen MR) is 130 cm³/mol. The molecule has 0 bridgehead atoms. The first-order valence-electron chi connectivity index (χ1n) is 11.0. The van der Waals surface area contributed by atoms with Gasteiger partial charge in [-0.1, -0.05) is 25.1 Å². The predicted octanol–water partition coefficient (Wildman–Crippen LogP) is 3.81. The molecule has 0 aliphatic carbocycles. The summed E-state index contributed by atoms with van der Waals surface area (Å²) in [6.07, 6.45) is 0.370. The van der Waals surface area contributed by atoms with Crippen LogP contribution in [0.15, 0.2) is 53.3 Å². The van der Waals surface area contributed by atoms with Crippen molar-refractivity contribution in [3.63, 3.8) is 0 Å². The van der Waals surface area contributed by atoms with E-state index in [1.165, 1.54) is 11.8 Å². The standard InChI is InChI=1S/C25H27N5O4/c1-6-19(24(31)26-17-12-13-20(33-4)21(14-17)34-5)30-25(32)23-22(15(2)27-30)16(3)29(28-23)18-10-8-7-9-11-18/h7-14,19H,6H2,1-5H3,(H,26,31). The van der Waals surface area contributed by atoms with Crippen LogP contribution in [-0.2, 0) is 4.79 Å². The Morgan fingerprint density at radius 3 is 2.38 bits per heavy atom. The highest BCUT2D eigenvalue weighted by Gasteiger charge is 2.25. The molecule has 0 saturated heterocycles. The van der Waals surface area contributed by atoms with E-state index in [4.69, 9.17) is 9.47 Å². The van der Waals surface area contributed by atoms with Gasteiger partial charge in [0.05, 0.1) is 36.7 Å². The van der Waals surface area contributed by atoms with Crippen molar-refractivity contribution in [2.24, 2.45) is 0 Å². The molecule has 1 atom stereocenters. The number of aryl methyl sites for hydroxylation is 2. The number of nitrogens with one attached hydrogen (secondary N) is 1. The molecule has 2 heterocycles. The summed E-state index contributed by atoms with van der Waals surface area (Å²) >= 11 is 0. The van der Waals surface area contributed by atoms with Gasteiger partial charge >= 0.3 is 0 Å². The lowest BCUT2D eigenvalue weighted by Gasteiger charge is -2.18. The minimum absolute atomic E-state index is 0.284. The highest BCUT2D eigenvalue weighted by molar-refractivity contribution is 5.94. The molecule has 1 unspecified atom stereocenters. The summed E-state index contributed by atoms with van der Waals surface area (Å²) in [5.41, 5.74) is 2.69. The van der Waals surface area contributed by atoms with Crippen LogP contribution in [0.5, 0.6) is 11.5 Å². The van der Waals surface area contributed by atoms with Crippen LogP contribution in [0.4, 0.5) is 5.69 Å². The first-order chi connectivity index (χ1) is 16.4. The van der Waals surface area contributed by atoms with E-state index in [2.05, 4.69) is 15.5 Å². The molecular formula is C25H27N5O4. The summed E-state index contributed by atoms with van der Waals surface area (Å²) in [5.74, 6) is 0.681. The first kappa shape index (κ1) is 23.0. The third-order valence-corrected chi connectivity index (χ3v) is 5.78. The molecule has 9 heteroatoms. The fraction of sp³-hybridized carbons (Fsp3) is 0.280. The summed E-state index contributed by atoms with van der Waals surface area (Å²) < 4.78 is 13.5. The van der Waals surface area contributed by atoms with E-state index in [-0.39, 0.29) is 11.4 Å². The molecule has 0 aliphatic heterocycles. The lowest BCUT2D eigenvalue weighted by Crippen LogP contribution is -2.35. The molecule has 0 radical (unpaired) electrons. The second-order valence-electron chi connectivity index (χ2n) is 7.87. The number of carbonyl (C=O) groups is 1. The second kappa shape index (κ2) is 9.38. The fourth-order valence-electron chi connectivity index (χ4n) is 4.09. The lowest BCUT2D eigenvalue weighted by atomic mass is 10.1. The van der Waals surface area contributed by atoms with E-state index in [0.29, 0.717) is 34.7 Å². The third-order valence-electron chi connectivity index (χ3n) is 5.78. The van der Waals surface area contributed by atoms with Crippen molar-refractivity contribution in [3.8, 4) is 17.2 Å². The largest absolute Gasteiger partial charge is 0.493 e. The Morgan fingerprint density at radius 2 is 1.74 bits per heavy atom. The minimum Gasteiger partial charge on any atom is -0.493 e. The van der Waals surface area contributed by atoms with E-state index in [1.807, 2.05) is 51.1 Å². The number of hydrogen-bond acceptors (Lipinski definition) is 6.